The third-order valence-corrected chi connectivity index (χ3v) is 5.94. The Kier molecular flexibility index (Phi) is 5.44. The topological polar surface area (TPSA) is 60.7 Å². The molecule has 0 amide bonds. The first-order valence-electron chi connectivity index (χ1n) is 8.98. The molecule has 2 aliphatic carbocycles. The van der Waals surface area contributed by atoms with Crippen molar-refractivity contribution in [2.45, 2.75) is 78.1 Å². The van der Waals surface area contributed by atoms with Gasteiger partial charge in [0.1, 0.15) is 0 Å². The summed E-state index contributed by atoms with van der Waals surface area (Å²) in [6, 6.07) is 0. The van der Waals surface area contributed by atoms with E-state index >= 15 is 0 Å². The van der Waals surface area contributed by atoms with Crippen molar-refractivity contribution in [3.63, 3.8) is 0 Å². The van der Waals surface area contributed by atoms with Crippen LogP contribution in [0, 0.1) is 23.2 Å². The Hall–Kier alpha value is -0.640. The van der Waals surface area contributed by atoms with Gasteiger partial charge in [-0.05, 0) is 69.6 Å². The second kappa shape index (κ2) is 6.70. The fourth-order valence-electron chi connectivity index (χ4n) is 4.73. The van der Waals surface area contributed by atoms with E-state index in [1.54, 1.807) is 0 Å². The molecule has 2 rings (SSSR count). The Morgan fingerprint density at radius 2 is 1.91 bits per heavy atom. The Morgan fingerprint density at radius 1 is 1.26 bits per heavy atom. The van der Waals surface area contributed by atoms with Gasteiger partial charge >= 0.3 is 0 Å². The highest BCUT2D eigenvalue weighted by Gasteiger charge is 2.51. The van der Waals surface area contributed by atoms with Gasteiger partial charge in [0, 0.05) is 0 Å². The molecule has 6 atom stereocenters. The lowest BCUT2D eigenvalue weighted by molar-refractivity contribution is -0.0509. The van der Waals surface area contributed by atoms with Crippen molar-refractivity contribution in [1.82, 2.24) is 0 Å². The highest BCUT2D eigenvalue weighted by Crippen LogP contribution is 2.54. The molecule has 0 unspecified atom stereocenters. The number of aliphatic hydroxyl groups excluding tert-OH is 2. The molecule has 3 N–H and O–H groups in total. The molecule has 23 heavy (non-hydrogen) atoms. The number of hydrogen-bond donors (Lipinski definition) is 3. The maximum Gasteiger partial charge on any atom is 0.0728 e. The molecule has 0 aromatic heterocycles. The Labute approximate surface area is 141 Å². The van der Waals surface area contributed by atoms with Gasteiger partial charge in [0.05, 0.1) is 17.8 Å². The molecular weight excluding hydrogens is 288 g/mol. The van der Waals surface area contributed by atoms with Crippen LogP contribution in [0.2, 0.25) is 0 Å². The Morgan fingerprint density at radius 3 is 2.52 bits per heavy atom. The molecule has 0 saturated heterocycles. The predicted molar refractivity (Wildman–Crippen MR) is 93.9 cm³/mol. The van der Waals surface area contributed by atoms with Crippen LogP contribution in [0.25, 0.3) is 0 Å². The minimum atomic E-state index is -0.791. The summed E-state index contributed by atoms with van der Waals surface area (Å²) in [5.41, 5.74) is 0.136. The summed E-state index contributed by atoms with van der Waals surface area (Å²) in [6.07, 6.45) is 8.53. The third kappa shape index (κ3) is 4.26. The summed E-state index contributed by atoms with van der Waals surface area (Å²) in [5.74, 6) is 0.411. The summed E-state index contributed by atoms with van der Waals surface area (Å²) in [5, 5.41) is 31.7. The van der Waals surface area contributed by atoms with Gasteiger partial charge in [-0.1, -0.05) is 37.6 Å². The van der Waals surface area contributed by atoms with Crippen molar-refractivity contribution in [3.8, 4) is 0 Å². The molecule has 132 valence electrons. The van der Waals surface area contributed by atoms with Gasteiger partial charge in [-0.3, -0.25) is 0 Å². The van der Waals surface area contributed by atoms with Gasteiger partial charge in [0.15, 0.2) is 0 Å². The number of hydrogen-bond acceptors (Lipinski definition) is 3. The zero-order valence-electron chi connectivity index (χ0n) is 15.3. The van der Waals surface area contributed by atoms with Crippen molar-refractivity contribution in [2.24, 2.45) is 23.2 Å². The first-order valence-corrected chi connectivity index (χ1v) is 8.98. The second-order valence-corrected chi connectivity index (χ2v) is 8.75. The van der Waals surface area contributed by atoms with Crippen molar-refractivity contribution in [1.29, 1.82) is 0 Å². The Balaban J connectivity index is 2.41. The number of aliphatic hydroxyl groups is 3. The van der Waals surface area contributed by atoms with Crippen LogP contribution < -0.4 is 0 Å². The van der Waals surface area contributed by atoms with Crippen molar-refractivity contribution in [3.05, 3.63) is 23.8 Å². The van der Waals surface area contributed by atoms with Gasteiger partial charge < -0.3 is 15.3 Å². The first kappa shape index (κ1) is 18.7. The maximum absolute atomic E-state index is 10.9. The molecule has 1 saturated carbocycles. The third-order valence-electron chi connectivity index (χ3n) is 5.94. The minimum Gasteiger partial charge on any atom is -0.392 e. The molecule has 0 heterocycles. The van der Waals surface area contributed by atoms with Crippen LogP contribution in [-0.2, 0) is 0 Å². The standard InChI is InChI=1S/C20H34O3/c1-13-6-8-20(5)9-7-16(19(3,4)23)18(20)17(22)12-14(2)11-15(21)10-13/h6,8,11,13,15-18,21-23H,7,9-10,12H2,1-5H3/b8-6+,14-11+/t13-,15+,16+,17-,18+,20-/m0/s1. The van der Waals surface area contributed by atoms with E-state index in [-0.39, 0.29) is 17.3 Å². The van der Waals surface area contributed by atoms with Crippen LogP contribution in [0.4, 0.5) is 0 Å². The van der Waals surface area contributed by atoms with Crippen molar-refractivity contribution in [2.75, 3.05) is 0 Å². The molecule has 3 heteroatoms. The van der Waals surface area contributed by atoms with E-state index in [1.807, 2.05) is 26.8 Å². The SMILES string of the molecule is C/C1=C\[C@H](O)C[C@@H](C)/C=C/[C@@]2(C)CC[C@@H](C(C)(C)O)[C@@H]2[C@@H](O)C1. The van der Waals surface area contributed by atoms with Crippen LogP contribution in [-0.4, -0.2) is 33.1 Å². The average Bonchev–Trinajstić information content (AvgIpc) is 2.73. The van der Waals surface area contributed by atoms with Gasteiger partial charge in [-0.15, -0.1) is 0 Å². The summed E-state index contributed by atoms with van der Waals surface area (Å²) >= 11 is 0. The molecule has 0 aliphatic heterocycles. The fraction of sp³-hybridized carbons (Fsp3) is 0.800. The summed E-state index contributed by atoms with van der Waals surface area (Å²) in [7, 11) is 0. The molecule has 0 aromatic carbocycles. The first-order chi connectivity index (χ1) is 10.5. The number of rotatable bonds is 1. The molecule has 0 spiro atoms. The molecule has 0 radical (unpaired) electrons. The fourth-order valence-corrected chi connectivity index (χ4v) is 4.73. The summed E-state index contributed by atoms with van der Waals surface area (Å²) < 4.78 is 0. The molecule has 0 aromatic rings. The quantitative estimate of drug-likeness (QED) is 0.648. The van der Waals surface area contributed by atoms with E-state index in [1.165, 1.54) is 0 Å². The highest BCUT2D eigenvalue weighted by atomic mass is 16.3. The zero-order chi connectivity index (χ0) is 17.4. The molecule has 0 bridgehead atoms. The lowest BCUT2D eigenvalue weighted by Crippen LogP contribution is -2.43. The second-order valence-electron chi connectivity index (χ2n) is 8.75. The zero-order valence-corrected chi connectivity index (χ0v) is 15.3. The number of fused-ring (bicyclic) bond motifs is 1. The number of allylic oxidation sites excluding steroid dienone is 2. The minimum absolute atomic E-state index is 0.0320. The van der Waals surface area contributed by atoms with Gasteiger partial charge in [-0.25, -0.2) is 0 Å². The highest BCUT2D eigenvalue weighted by molar-refractivity contribution is 5.15. The van der Waals surface area contributed by atoms with E-state index < -0.39 is 17.8 Å². The van der Waals surface area contributed by atoms with E-state index in [9.17, 15) is 15.3 Å². The summed E-state index contributed by atoms with van der Waals surface area (Å²) in [6.45, 7) is 10.0. The van der Waals surface area contributed by atoms with E-state index in [4.69, 9.17) is 0 Å². The van der Waals surface area contributed by atoms with E-state index in [0.29, 0.717) is 18.8 Å². The normalized spacial score (nSPS) is 46.4. The lowest BCUT2D eigenvalue weighted by atomic mass is 9.68. The molecule has 2 aliphatic rings. The van der Waals surface area contributed by atoms with Crippen molar-refractivity contribution < 1.29 is 15.3 Å². The lowest BCUT2D eigenvalue weighted by Gasteiger charge is -2.40. The van der Waals surface area contributed by atoms with Crippen LogP contribution >= 0.6 is 0 Å². The van der Waals surface area contributed by atoms with Crippen LogP contribution in [0.15, 0.2) is 23.8 Å². The summed E-state index contributed by atoms with van der Waals surface area (Å²) in [4.78, 5) is 0. The van der Waals surface area contributed by atoms with Crippen molar-refractivity contribution >= 4 is 0 Å². The van der Waals surface area contributed by atoms with Crippen LogP contribution in [0.5, 0.6) is 0 Å². The predicted octanol–water partition coefficient (Wildman–Crippen LogP) is 3.44. The monoisotopic (exact) mass is 322 g/mol. The smallest absolute Gasteiger partial charge is 0.0728 e. The Bertz CT molecular complexity index is 474. The maximum atomic E-state index is 10.9. The van der Waals surface area contributed by atoms with Gasteiger partial charge in [-0.2, -0.15) is 0 Å². The largest absolute Gasteiger partial charge is 0.392 e. The van der Waals surface area contributed by atoms with Crippen LogP contribution in [0.1, 0.15) is 60.3 Å². The van der Waals surface area contributed by atoms with Crippen LogP contribution in [0.3, 0.4) is 0 Å². The van der Waals surface area contributed by atoms with Gasteiger partial charge in [0.2, 0.25) is 0 Å². The molecule has 3 nitrogen and oxygen atoms in total. The van der Waals surface area contributed by atoms with E-state index in [2.05, 4.69) is 26.0 Å². The molecule has 1 fully saturated rings. The van der Waals surface area contributed by atoms with Gasteiger partial charge in [0.25, 0.3) is 0 Å². The average molecular weight is 322 g/mol. The van der Waals surface area contributed by atoms with E-state index in [0.717, 1.165) is 18.4 Å². The molecular formula is C20H34O3.